The first-order chi connectivity index (χ1) is 20.6. The van der Waals surface area contributed by atoms with E-state index in [1.54, 1.807) is 6.26 Å². The summed E-state index contributed by atoms with van der Waals surface area (Å²) < 4.78 is 16.8. The number of unbranched alkanes of at least 4 members (excludes halogenated alkanes) is 14. The van der Waals surface area contributed by atoms with E-state index in [-0.39, 0.29) is 5.91 Å². The Kier molecular flexibility index (Phi) is 16.5. The van der Waals surface area contributed by atoms with Crippen molar-refractivity contribution < 1.29 is 23.8 Å². The lowest BCUT2D eigenvalue weighted by molar-refractivity contribution is -0.123. The molecule has 0 fully saturated rings. The lowest BCUT2D eigenvalue weighted by Gasteiger charge is -2.29. The largest absolute Gasteiger partial charge is 0.486 e. The van der Waals surface area contributed by atoms with E-state index in [2.05, 4.69) is 17.1 Å². The molecule has 0 unspecified atom stereocenters. The van der Waals surface area contributed by atoms with Gasteiger partial charge in [0.2, 0.25) is 5.91 Å². The van der Waals surface area contributed by atoms with Crippen LogP contribution in [0.5, 0.6) is 11.5 Å². The van der Waals surface area contributed by atoms with Crippen LogP contribution >= 0.6 is 0 Å². The summed E-state index contributed by atoms with van der Waals surface area (Å²) in [5, 5.41) is 14.5. The third-order valence-electron chi connectivity index (χ3n) is 8.16. The van der Waals surface area contributed by atoms with Crippen molar-refractivity contribution in [2.45, 2.75) is 128 Å². The van der Waals surface area contributed by atoms with Gasteiger partial charge in [-0.2, -0.15) is 0 Å². The van der Waals surface area contributed by atoms with Crippen LogP contribution < -0.4 is 14.8 Å². The molecule has 0 radical (unpaired) electrons. The molecule has 2 aromatic rings. The number of nitrogens with zero attached hydrogens (tertiary/aromatic N) is 1. The van der Waals surface area contributed by atoms with E-state index < -0.39 is 12.1 Å². The third-order valence-corrected chi connectivity index (χ3v) is 8.16. The van der Waals surface area contributed by atoms with Crippen molar-refractivity contribution in [3.63, 3.8) is 0 Å². The Morgan fingerprint density at radius 1 is 0.857 bits per heavy atom. The summed E-state index contributed by atoms with van der Waals surface area (Å²) in [5.41, 5.74) is 0.697. The number of furan rings is 1. The lowest BCUT2D eigenvalue weighted by atomic mass is 10.00. The average molecular weight is 585 g/mol. The first-order valence-electron chi connectivity index (χ1n) is 16.6. The highest BCUT2D eigenvalue weighted by atomic mass is 16.6. The van der Waals surface area contributed by atoms with E-state index in [1.807, 2.05) is 37.4 Å². The maximum atomic E-state index is 13.0. The molecule has 0 spiro atoms. The van der Waals surface area contributed by atoms with Gasteiger partial charge in [0.15, 0.2) is 11.5 Å². The molecule has 2 heterocycles. The number of nitrogens with one attached hydrogen (secondary N) is 1. The van der Waals surface area contributed by atoms with Gasteiger partial charge in [-0.25, -0.2) is 0 Å². The van der Waals surface area contributed by atoms with Gasteiger partial charge in [-0.05, 0) is 43.3 Å². The highest BCUT2D eigenvalue weighted by Crippen LogP contribution is 2.33. The van der Waals surface area contributed by atoms with E-state index in [0.29, 0.717) is 49.8 Å². The molecule has 236 valence electrons. The standard InChI is InChI=1S/C35H56N2O5/c1-3-4-5-6-7-8-9-10-11-12-13-14-15-16-17-20-34(38)36-31(28-37(2)27-30-19-18-23-40-30)35(39)29-21-22-32-33(26-29)42-25-24-41-32/h18-19,21-23,26,31,35,39H,3-17,20,24-25,27-28H2,1-2H3,(H,36,38)/t31-,35-/m1/s1. The Labute approximate surface area is 254 Å². The summed E-state index contributed by atoms with van der Waals surface area (Å²) in [5.74, 6) is 2.14. The summed E-state index contributed by atoms with van der Waals surface area (Å²) in [6.45, 7) is 4.34. The Hall–Kier alpha value is -2.51. The maximum Gasteiger partial charge on any atom is 0.220 e. The van der Waals surface area contributed by atoms with Crippen molar-refractivity contribution >= 4 is 5.91 Å². The molecule has 7 heteroatoms. The zero-order valence-corrected chi connectivity index (χ0v) is 26.3. The molecule has 0 aliphatic carbocycles. The van der Waals surface area contributed by atoms with Gasteiger partial charge in [-0.3, -0.25) is 9.69 Å². The molecule has 1 amide bonds. The number of benzene rings is 1. The molecular weight excluding hydrogens is 528 g/mol. The fraction of sp³-hybridized carbons (Fsp3) is 0.686. The Bertz CT molecular complexity index is 980. The second-order valence-corrected chi connectivity index (χ2v) is 12.0. The van der Waals surface area contributed by atoms with Crippen LogP contribution in [0.15, 0.2) is 41.0 Å². The van der Waals surface area contributed by atoms with Crippen LogP contribution in [0.1, 0.15) is 127 Å². The van der Waals surface area contributed by atoms with Crippen molar-refractivity contribution in [2.75, 3.05) is 26.8 Å². The molecule has 1 aromatic heterocycles. The van der Waals surface area contributed by atoms with E-state index in [1.165, 1.54) is 83.5 Å². The number of amides is 1. The maximum absolute atomic E-state index is 13.0. The summed E-state index contributed by atoms with van der Waals surface area (Å²) in [6.07, 6.45) is 20.7. The predicted molar refractivity (Wildman–Crippen MR) is 169 cm³/mol. The lowest BCUT2D eigenvalue weighted by Crippen LogP contribution is -2.46. The molecule has 42 heavy (non-hydrogen) atoms. The van der Waals surface area contributed by atoms with Crippen molar-refractivity contribution in [1.29, 1.82) is 0 Å². The molecule has 1 aliphatic rings. The molecule has 0 saturated heterocycles. The van der Waals surface area contributed by atoms with Crippen LogP contribution in [0.4, 0.5) is 0 Å². The number of aliphatic hydroxyl groups is 1. The number of hydrogen-bond donors (Lipinski definition) is 2. The van der Waals surface area contributed by atoms with Gasteiger partial charge in [0.25, 0.3) is 0 Å². The molecular formula is C35H56N2O5. The Morgan fingerprint density at radius 3 is 2.05 bits per heavy atom. The van der Waals surface area contributed by atoms with Gasteiger partial charge in [-0.15, -0.1) is 0 Å². The van der Waals surface area contributed by atoms with Gasteiger partial charge in [0, 0.05) is 13.0 Å². The average Bonchev–Trinajstić information content (AvgIpc) is 3.51. The Morgan fingerprint density at radius 2 is 1.45 bits per heavy atom. The quantitative estimate of drug-likeness (QED) is 0.129. The zero-order valence-electron chi connectivity index (χ0n) is 26.3. The number of aliphatic hydroxyl groups excluding tert-OH is 1. The summed E-state index contributed by atoms with van der Waals surface area (Å²) in [7, 11) is 1.97. The molecule has 7 nitrogen and oxygen atoms in total. The number of carbonyl (C=O) groups excluding carboxylic acids is 1. The van der Waals surface area contributed by atoms with Gasteiger partial charge in [-0.1, -0.05) is 103 Å². The van der Waals surface area contributed by atoms with Crippen LogP contribution in [0.25, 0.3) is 0 Å². The predicted octanol–water partition coefficient (Wildman–Crippen LogP) is 7.96. The number of hydrogen-bond acceptors (Lipinski definition) is 6. The van der Waals surface area contributed by atoms with Gasteiger partial charge in [0.1, 0.15) is 25.1 Å². The van der Waals surface area contributed by atoms with Crippen LogP contribution in [0.3, 0.4) is 0 Å². The van der Waals surface area contributed by atoms with Gasteiger partial charge < -0.3 is 24.3 Å². The monoisotopic (exact) mass is 584 g/mol. The fourth-order valence-electron chi connectivity index (χ4n) is 5.71. The first-order valence-corrected chi connectivity index (χ1v) is 16.6. The molecule has 2 N–H and O–H groups in total. The third kappa shape index (κ3) is 13.2. The number of ether oxygens (including phenoxy) is 2. The summed E-state index contributed by atoms with van der Waals surface area (Å²) in [4.78, 5) is 15.0. The smallest absolute Gasteiger partial charge is 0.220 e. The minimum Gasteiger partial charge on any atom is -0.486 e. The second-order valence-electron chi connectivity index (χ2n) is 12.0. The molecule has 2 atom stereocenters. The minimum atomic E-state index is -0.884. The Balaban J connectivity index is 1.35. The summed E-state index contributed by atoms with van der Waals surface area (Å²) in [6, 6.07) is 8.81. The van der Waals surface area contributed by atoms with Gasteiger partial charge in [0.05, 0.1) is 18.8 Å². The van der Waals surface area contributed by atoms with Crippen molar-refractivity contribution in [1.82, 2.24) is 10.2 Å². The number of fused-ring (bicyclic) bond motifs is 1. The van der Waals surface area contributed by atoms with Crippen LogP contribution in [0.2, 0.25) is 0 Å². The van der Waals surface area contributed by atoms with Crippen molar-refractivity contribution in [3.8, 4) is 11.5 Å². The van der Waals surface area contributed by atoms with Crippen molar-refractivity contribution in [3.05, 3.63) is 47.9 Å². The first kappa shape index (κ1) is 34.0. The molecule has 0 bridgehead atoms. The van der Waals surface area contributed by atoms with E-state index >= 15 is 0 Å². The SMILES string of the molecule is CCCCCCCCCCCCCCCCCC(=O)N[C@H](CN(C)Cc1ccco1)[C@H](O)c1ccc2c(c1)OCCO2. The fourth-order valence-corrected chi connectivity index (χ4v) is 5.71. The van der Waals surface area contributed by atoms with E-state index in [9.17, 15) is 9.90 Å². The van der Waals surface area contributed by atoms with Crippen molar-refractivity contribution in [2.24, 2.45) is 0 Å². The topological polar surface area (TPSA) is 84.2 Å². The zero-order chi connectivity index (χ0) is 29.8. The molecule has 1 aliphatic heterocycles. The normalized spacial score (nSPS) is 14.2. The number of rotatable bonds is 23. The van der Waals surface area contributed by atoms with Crippen LogP contribution in [-0.2, 0) is 11.3 Å². The molecule has 3 rings (SSSR count). The number of likely N-dealkylation sites (N-methyl/N-ethyl adjacent to an activating group) is 1. The van der Waals surface area contributed by atoms with Crippen LogP contribution in [-0.4, -0.2) is 48.8 Å². The number of carbonyl (C=O) groups is 1. The highest BCUT2D eigenvalue weighted by molar-refractivity contribution is 5.76. The summed E-state index contributed by atoms with van der Waals surface area (Å²) >= 11 is 0. The van der Waals surface area contributed by atoms with E-state index in [4.69, 9.17) is 13.9 Å². The molecule has 0 saturated carbocycles. The van der Waals surface area contributed by atoms with Crippen LogP contribution in [0, 0.1) is 0 Å². The van der Waals surface area contributed by atoms with E-state index in [0.717, 1.165) is 18.6 Å². The minimum absolute atomic E-state index is 0.0160. The van der Waals surface area contributed by atoms with Gasteiger partial charge >= 0.3 is 0 Å². The molecule has 1 aromatic carbocycles. The second kappa shape index (κ2) is 20.4. The highest BCUT2D eigenvalue weighted by Gasteiger charge is 2.26.